The van der Waals surface area contributed by atoms with Crippen LogP contribution >= 0.6 is 0 Å². The van der Waals surface area contributed by atoms with Gasteiger partial charge in [-0.3, -0.25) is 4.90 Å². The molecule has 1 aromatic heterocycles. The molecule has 20 heavy (non-hydrogen) atoms. The number of aryl methyl sites for hydroxylation is 1. The van der Waals surface area contributed by atoms with Crippen molar-refractivity contribution in [2.45, 2.75) is 13.1 Å². The Kier molecular flexibility index (Phi) is 3.23. The van der Waals surface area contributed by atoms with E-state index in [1.54, 1.807) is 12.3 Å². The van der Waals surface area contributed by atoms with E-state index in [1.165, 1.54) is 0 Å². The van der Waals surface area contributed by atoms with E-state index >= 15 is 0 Å². The van der Waals surface area contributed by atoms with Crippen LogP contribution < -0.4 is 9.47 Å². The number of nitrogens with zero attached hydrogens (tertiary/aromatic N) is 3. The molecule has 0 radical (unpaired) electrons. The molecule has 1 aliphatic rings. The van der Waals surface area contributed by atoms with E-state index in [2.05, 4.69) is 9.88 Å². The molecular weight excluding hydrogens is 258 g/mol. The van der Waals surface area contributed by atoms with Gasteiger partial charge in [-0.05, 0) is 13.1 Å². The summed E-state index contributed by atoms with van der Waals surface area (Å²) in [6, 6.07) is 3.43. The molecule has 6 heteroatoms. The second-order valence-corrected chi connectivity index (χ2v) is 4.96. The van der Waals surface area contributed by atoms with Crippen LogP contribution in [0.4, 0.5) is 0 Å². The quantitative estimate of drug-likeness (QED) is 0.916. The maximum absolute atomic E-state index is 10.0. The minimum atomic E-state index is 0.210. The van der Waals surface area contributed by atoms with E-state index in [9.17, 15) is 5.11 Å². The highest BCUT2D eigenvalue weighted by atomic mass is 16.7. The zero-order chi connectivity index (χ0) is 14.1. The summed E-state index contributed by atoms with van der Waals surface area (Å²) in [6.07, 6.45) is 3.70. The second kappa shape index (κ2) is 5.05. The summed E-state index contributed by atoms with van der Waals surface area (Å²) < 4.78 is 12.5. The van der Waals surface area contributed by atoms with Gasteiger partial charge in [0.25, 0.3) is 0 Å². The van der Waals surface area contributed by atoms with Crippen LogP contribution in [0.2, 0.25) is 0 Å². The summed E-state index contributed by atoms with van der Waals surface area (Å²) in [5.41, 5.74) is 0.811. The minimum Gasteiger partial charge on any atom is -0.507 e. The lowest BCUT2D eigenvalue weighted by atomic mass is 10.1. The average molecular weight is 275 g/mol. The number of fused-ring (bicyclic) bond motifs is 1. The van der Waals surface area contributed by atoms with E-state index in [0.29, 0.717) is 24.6 Å². The Morgan fingerprint density at radius 1 is 1.30 bits per heavy atom. The third-order valence-corrected chi connectivity index (χ3v) is 3.35. The molecule has 1 aromatic carbocycles. The molecule has 2 heterocycles. The Labute approximate surface area is 117 Å². The Morgan fingerprint density at radius 2 is 2.05 bits per heavy atom. The number of aromatic hydroxyl groups is 1. The number of aromatic nitrogens is 2. The number of phenols is 1. The van der Waals surface area contributed by atoms with Crippen molar-refractivity contribution in [3.63, 3.8) is 0 Å². The zero-order valence-electron chi connectivity index (χ0n) is 11.5. The van der Waals surface area contributed by atoms with Crippen molar-refractivity contribution in [2.24, 2.45) is 7.05 Å². The minimum absolute atomic E-state index is 0.210. The van der Waals surface area contributed by atoms with Crippen LogP contribution in [0, 0.1) is 0 Å². The molecule has 106 valence electrons. The van der Waals surface area contributed by atoms with Crippen molar-refractivity contribution in [3.05, 3.63) is 35.9 Å². The number of hydrogen-bond acceptors (Lipinski definition) is 5. The highest BCUT2D eigenvalue weighted by Gasteiger charge is 2.18. The first-order valence-electron chi connectivity index (χ1n) is 6.39. The van der Waals surface area contributed by atoms with E-state index in [4.69, 9.17) is 9.47 Å². The van der Waals surface area contributed by atoms with Crippen LogP contribution in [0.25, 0.3) is 0 Å². The van der Waals surface area contributed by atoms with Gasteiger partial charge in [0.15, 0.2) is 11.5 Å². The molecule has 0 aliphatic carbocycles. The van der Waals surface area contributed by atoms with Crippen molar-refractivity contribution in [3.8, 4) is 17.2 Å². The van der Waals surface area contributed by atoms with Crippen LogP contribution in [-0.2, 0) is 20.1 Å². The predicted molar refractivity (Wildman–Crippen MR) is 72.6 cm³/mol. The fourth-order valence-electron chi connectivity index (χ4n) is 2.24. The molecule has 0 saturated carbocycles. The van der Waals surface area contributed by atoms with Crippen molar-refractivity contribution < 1.29 is 14.6 Å². The van der Waals surface area contributed by atoms with Gasteiger partial charge in [-0.25, -0.2) is 4.98 Å². The topological polar surface area (TPSA) is 59.8 Å². The van der Waals surface area contributed by atoms with Crippen molar-refractivity contribution >= 4 is 0 Å². The molecule has 6 nitrogen and oxygen atoms in total. The molecule has 0 spiro atoms. The molecule has 0 fully saturated rings. The monoisotopic (exact) mass is 275 g/mol. The van der Waals surface area contributed by atoms with Gasteiger partial charge in [-0.15, -0.1) is 0 Å². The largest absolute Gasteiger partial charge is 0.507 e. The van der Waals surface area contributed by atoms with Gasteiger partial charge in [-0.1, -0.05) is 0 Å². The van der Waals surface area contributed by atoms with Gasteiger partial charge < -0.3 is 19.1 Å². The van der Waals surface area contributed by atoms with Crippen LogP contribution in [0.5, 0.6) is 17.2 Å². The predicted octanol–water partition coefficient (Wildman–Crippen LogP) is 1.49. The number of rotatable bonds is 4. The number of hydrogen-bond donors (Lipinski definition) is 1. The van der Waals surface area contributed by atoms with E-state index in [-0.39, 0.29) is 12.5 Å². The fourth-order valence-corrected chi connectivity index (χ4v) is 2.24. The van der Waals surface area contributed by atoms with Crippen LogP contribution in [0.3, 0.4) is 0 Å². The van der Waals surface area contributed by atoms with Gasteiger partial charge in [0.1, 0.15) is 11.6 Å². The maximum Gasteiger partial charge on any atom is 0.231 e. The molecular formula is C14H17N3O3. The molecule has 2 aromatic rings. The zero-order valence-corrected chi connectivity index (χ0v) is 11.5. The van der Waals surface area contributed by atoms with E-state index in [1.807, 2.05) is 30.9 Å². The number of ether oxygens (including phenoxy) is 2. The molecule has 0 saturated heterocycles. The van der Waals surface area contributed by atoms with Gasteiger partial charge in [0.05, 0.1) is 6.54 Å². The van der Waals surface area contributed by atoms with Crippen LogP contribution in [0.15, 0.2) is 24.5 Å². The van der Waals surface area contributed by atoms with Crippen LogP contribution in [-0.4, -0.2) is 33.4 Å². The van der Waals surface area contributed by atoms with E-state index < -0.39 is 0 Å². The second-order valence-electron chi connectivity index (χ2n) is 4.96. The Morgan fingerprint density at radius 3 is 2.75 bits per heavy atom. The molecule has 0 amide bonds. The van der Waals surface area contributed by atoms with Gasteiger partial charge in [-0.2, -0.15) is 0 Å². The van der Waals surface area contributed by atoms with Crippen LogP contribution in [0.1, 0.15) is 11.4 Å². The summed E-state index contributed by atoms with van der Waals surface area (Å²) >= 11 is 0. The molecule has 0 atom stereocenters. The fraction of sp³-hybridized carbons (Fsp3) is 0.357. The lowest BCUT2D eigenvalue weighted by molar-refractivity contribution is 0.174. The van der Waals surface area contributed by atoms with Gasteiger partial charge >= 0.3 is 0 Å². The summed E-state index contributed by atoms with van der Waals surface area (Å²) in [4.78, 5) is 6.37. The normalized spacial score (nSPS) is 13.2. The lowest BCUT2D eigenvalue weighted by Gasteiger charge is -2.17. The molecule has 0 unspecified atom stereocenters. The number of imidazole rings is 1. The summed E-state index contributed by atoms with van der Waals surface area (Å²) in [6.45, 7) is 1.52. The smallest absolute Gasteiger partial charge is 0.231 e. The van der Waals surface area contributed by atoms with Crippen molar-refractivity contribution in [1.29, 1.82) is 0 Å². The molecule has 1 aliphatic heterocycles. The Hall–Kier alpha value is -2.21. The number of phenolic OH excluding ortho intramolecular Hbond substituents is 1. The average Bonchev–Trinajstić information content (AvgIpc) is 2.99. The van der Waals surface area contributed by atoms with E-state index in [0.717, 1.165) is 11.4 Å². The summed E-state index contributed by atoms with van der Waals surface area (Å²) in [7, 11) is 3.95. The Balaban J connectivity index is 1.73. The van der Waals surface area contributed by atoms with Gasteiger partial charge in [0, 0.05) is 37.6 Å². The van der Waals surface area contributed by atoms with Gasteiger partial charge in [0.2, 0.25) is 6.79 Å². The Bertz CT molecular complexity index is 624. The van der Waals surface area contributed by atoms with Crippen molar-refractivity contribution in [1.82, 2.24) is 14.5 Å². The molecule has 3 rings (SSSR count). The summed E-state index contributed by atoms with van der Waals surface area (Å²) in [5, 5.41) is 10.0. The molecule has 0 bridgehead atoms. The highest BCUT2D eigenvalue weighted by Crippen LogP contribution is 2.37. The first-order valence-corrected chi connectivity index (χ1v) is 6.39. The first-order chi connectivity index (χ1) is 9.63. The third-order valence-electron chi connectivity index (χ3n) is 3.35. The lowest BCUT2D eigenvalue weighted by Crippen LogP contribution is -2.19. The number of benzene rings is 1. The SMILES string of the molecule is CN(Cc1cc2c(cc1O)OCO2)Cc1nccn1C. The maximum atomic E-state index is 10.0. The highest BCUT2D eigenvalue weighted by molar-refractivity contribution is 5.51. The first kappa shape index (κ1) is 12.8. The standard InChI is InChI=1S/C14H17N3O3/c1-16(8-14-15-3-4-17(14)2)7-10-5-12-13(6-11(10)18)20-9-19-12/h3-6,18H,7-9H2,1-2H3. The third kappa shape index (κ3) is 2.42. The van der Waals surface area contributed by atoms with Crippen molar-refractivity contribution in [2.75, 3.05) is 13.8 Å². The molecule has 1 N–H and O–H groups in total. The summed E-state index contributed by atoms with van der Waals surface area (Å²) in [5.74, 6) is 2.48.